The molecule has 1 fully saturated rings. The predicted molar refractivity (Wildman–Crippen MR) is 121 cm³/mol. The summed E-state index contributed by atoms with van der Waals surface area (Å²) in [6, 6.07) is 18.0. The summed E-state index contributed by atoms with van der Waals surface area (Å²) in [5, 5.41) is 3.20. The first-order chi connectivity index (χ1) is 14.6. The lowest BCUT2D eigenvalue weighted by molar-refractivity contribution is -0.140. The van der Waals surface area contributed by atoms with Crippen molar-refractivity contribution in [2.75, 3.05) is 6.54 Å². The van der Waals surface area contributed by atoms with Gasteiger partial charge in [-0.2, -0.15) is 0 Å². The Hall–Kier alpha value is -2.62. The highest BCUT2D eigenvalue weighted by molar-refractivity contribution is 5.88. The Morgan fingerprint density at radius 3 is 2.40 bits per heavy atom. The minimum Gasteiger partial charge on any atom is -0.352 e. The van der Waals surface area contributed by atoms with Crippen molar-refractivity contribution in [3.63, 3.8) is 0 Å². The lowest BCUT2D eigenvalue weighted by Gasteiger charge is -2.31. The van der Waals surface area contributed by atoms with Crippen LogP contribution >= 0.6 is 0 Å². The number of nitrogens with one attached hydrogen (secondary N) is 1. The number of carbonyl (C=O) groups excluding carboxylic acids is 2. The van der Waals surface area contributed by atoms with Crippen LogP contribution in [-0.2, 0) is 22.4 Å². The van der Waals surface area contributed by atoms with Crippen molar-refractivity contribution in [3.8, 4) is 0 Å². The Kier molecular flexibility index (Phi) is 8.06. The summed E-state index contributed by atoms with van der Waals surface area (Å²) >= 11 is 0. The fourth-order valence-corrected chi connectivity index (χ4v) is 4.36. The van der Waals surface area contributed by atoms with Gasteiger partial charge in [0, 0.05) is 12.6 Å². The van der Waals surface area contributed by atoms with Gasteiger partial charge in [0.25, 0.3) is 0 Å². The van der Waals surface area contributed by atoms with Crippen LogP contribution in [0.1, 0.15) is 55.7 Å². The fourth-order valence-electron chi connectivity index (χ4n) is 4.36. The Morgan fingerprint density at radius 2 is 1.73 bits per heavy atom. The van der Waals surface area contributed by atoms with E-state index in [0.29, 0.717) is 19.4 Å². The van der Waals surface area contributed by atoms with Gasteiger partial charge in [-0.3, -0.25) is 9.59 Å². The van der Waals surface area contributed by atoms with Crippen LogP contribution in [0, 0.1) is 6.92 Å². The molecule has 1 N–H and O–H groups in total. The van der Waals surface area contributed by atoms with Gasteiger partial charge in [-0.15, -0.1) is 0 Å². The molecular weight excluding hydrogens is 372 g/mol. The topological polar surface area (TPSA) is 49.4 Å². The Morgan fingerprint density at radius 1 is 1.03 bits per heavy atom. The average Bonchev–Trinajstić information content (AvgIpc) is 3.24. The average molecular weight is 407 g/mol. The van der Waals surface area contributed by atoms with Gasteiger partial charge in [0.2, 0.25) is 11.8 Å². The third kappa shape index (κ3) is 6.19. The summed E-state index contributed by atoms with van der Waals surface area (Å²) < 4.78 is 0. The van der Waals surface area contributed by atoms with E-state index in [1.807, 2.05) is 56.3 Å². The molecule has 0 heterocycles. The molecule has 0 unspecified atom stereocenters. The van der Waals surface area contributed by atoms with E-state index >= 15 is 0 Å². The van der Waals surface area contributed by atoms with Crippen molar-refractivity contribution < 1.29 is 9.59 Å². The molecule has 1 atom stereocenters. The lowest BCUT2D eigenvalue weighted by Crippen LogP contribution is -2.52. The maximum Gasteiger partial charge on any atom is 0.243 e. The van der Waals surface area contributed by atoms with E-state index in [0.717, 1.165) is 30.4 Å². The molecule has 0 bridgehead atoms. The van der Waals surface area contributed by atoms with Crippen molar-refractivity contribution in [1.29, 1.82) is 0 Å². The first kappa shape index (κ1) is 22.1. The Bertz CT molecular complexity index is 828. The van der Waals surface area contributed by atoms with E-state index in [-0.39, 0.29) is 17.9 Å². The van der Waals surface area contributed by atoms with Crippen molar-refractivity contribution in [2.24, 2.45) is 0 Å². The molecule has 4 heteroatoms. The summed E-state index contributed by atoms with van der Waals surface area (Å²) in [7, 11) is 0. The molecule has 1 aliphatic carbocycles. The summed E-state index contributed by atoms with van der Waals surface area (Å²) in [5.74, 6) is 0.0139. The van der Waals surface area contributed by atoms with Crippen molar-refractivity contribution >= 4 is 11.8 Å². The second-order valence-electron chi connectivity index (χ2n) is 8.40. The lowest BCUT2D eigenvalue weighted by atomic mass is 10.0. The minimum absolute atomic E-state index is 0.00458. The molecule has 1 aliphatic rings. The van der Waals surface area contributed by atoms with Crippen LogP contribution in [0.4, 0.5) is 0 Å². The quantitative estimate of drug-likeness (QED) is 0.669. The molecule has 3 rings (SSSR count). The normalized spacial score (nSPS) is 15.0. The van der Waals surface area contributed by atoms with E-state index in [1.165, 1.54) is 18.4 Å². The zero-order valence-electron chi connectivity index (χ0n) is 18.3. The molecule has 0 aliphatic heterocycles. The van der Waals surface area contributed by atoms with Crippen molar-refractivity contribution in [1.82, 2.24) is 10.2 Å². The van der Waals surface area contributed by atoms with Crippen molar-refractivity contribution in [3.05, 3.63) is 71.3 Å². The van der Waals surface area contributed by atoms with Gasteiger partial charge in [0.1, 0.15) is 6.04 Å². The third-order valence-corrected chi connectivity index (χ3v) is 6.01. The molecule has 0 aromatic heterocycles. The predicted octanol–water partition coefficient (Wildman–Crippen LogP) is 4.45. The summed E-state index contributed by atoms with van der Waals surface area (Å²) in [5.41, 5.74) is 3.31. The number of benzene rings is 2. The maximum absolute atomic E-state index is 13.3. The van der Waals surface area contributed by atoms with E-state index in [1.54, 1.807) is 4.90 Å². The molecule has 160 valence electrons. The molecule has 2 aromatic rings. The fraction of sp³-hybridized carbons (Fsp3) is 0.462. The standard InChI is InChI=1S/C26H34N2O2/c1-3-24(26(30)27-23-14-7-8-15-23)28(17-16-21-11-5-4-6-12-21)25(29)19-22-13-9-10-20(2)18-22/h4-6,9-13,18,23-24H,3,7-8,14-17,19H2,1-2H3,(H,27,30)/t24-/m0/s1. The number of nitrogens with zero attached hydrogens (tertiary/aromatic N) is 1. The molecular formula is C26H34N2O2. The van der Waals surface area contributed by atoms with Gasteiger partial charge in [-0.1, -0.05) is 79.9 Å². The highest BCUT2D eigenvalue weighted by atomic mass is 16.2. The molecule has 0 saturated heterocycles. The summed E-state index contributed by atoms with van der Waals surface area (Å²) in [6.45, 7) is 4.57. The second-order valence-corrected chi connectivity index (χ2v) is 8.40. The smallest absolute Gasteiger partial charge is 0.243 e. The highest BCUT2D eigenvalue weighted by Crippen LogP contribution is 2.19. The Labute approximate surface area is 180 Å². The highest BCUT2D eigenvalue weighted by Gasteiger charge is 2.30. The second kappa shape index (κ2) is 11.0. The van der Waals surface area contributed by atoms with Gasteiger partial charge in [0.15, 0.2) is 0 Å². The first-order valence-electron chi connectivity index (χ1n) is 11.3. The van der Waals surface area contributed by atoms with Gasteiger partial charge < -0.3 is 10.2 Å². The van der Waals surface area contributed by atoms with Crippen LogP contribution < -0.4 is 5.32 Å². The largest absolute Gasteiger partial charge is 0.352 e. The van der Waals surface area contributed by atoms with Crippen LogP contribution in [0.3, 0.4) is 0 Å². The van der Waals surface area contributed by atoms with E-state index in [2.05, 4.69) is 17.4 Å². The number of hydrogen-bond donors (Lipinski definition) is 1. The molecule has 4 nitrogen and oxygen atoms in total. The zero-order valence-corrected chi connectivity index (χ0v) is 18.3. The van der Waals surface area contributed by atoms with Crippen molar-refractivity contribution in [2.45, 2.75) is 70.9 Å². The van der Waals surface area contributed by atoms with Crippen LogP contribution in [0.25, 0.3) is 0 Å². The first-order valence-corrected chi connectivity index (χ1v) is 11.3. The molecule has 0 spiro atoms. The SMILES string of the molecule is CC[C@@H](C(=O)NC1CCCC1)N(CCc1ccccc1)C(=O)Cc1cccc(C)c1. The monoisotopic (exact) mass is 406 g/mol. The van der Waals surface area contributed by atoms with Crippen LogP contribution in [0.15, 0.2) is 54.6 Å². The number of rotatable bonds is 9. The van der Waals surface area contributed by atoms with E-state index in [4.69, 9.17) is 0 Å². The number of amides is 2. The molecule has 0 radical (unpaired) electrons. The number of hydrogen-bond acceptors (Lipinski definition) is 2. The molecule has 1 saturated carbocycles. The zero-order chi connectivity index (χ0) is 21.3. The van der Waals surface area contributed by atoms with Crippen LogP contribution in [-0.4, -0.2) is 35.3 Å². The number of aryl methyl sites for hydroxylation is 1. The van der Waals surface area contributed by atoms with Gasteiger partial charge >= 0.3 is 0 Å². The summed E-state index contributed by atoms with van der Waals surface area (Å²) in [4.78, 5) is 28.2. The molecule has 2 aromatic carbocycles. The molecule has 30 heavy (non-hydrogen) atoms. The third-order valence-electron chi connectivity index (χ3n) is 6.01. The van der Waals surface area contributed by atoms with Gasteiger partial charge in [-0.25, -0.2) is 0 Å². The van der Waals surface area contributed by atoms with Crippen LogP contribution in [0.5, 0.6) is 0 Å². The maximum atomic E-state index is 13.3. The van der Waals surface area contributed by atoms with Gasteiger partial charge in [0.05, 0.1) is 6.42 Å². The van der Waals surface area contributed by atoms with E-state index in [9.17, 15) is 9.59 Å². The number of carbonyl (C=O) groups is 2. The molecule has 2 amide bonds. The minimum atomic E-state index is -0.424. The Balaban J connectivity index is 1.75. The summed E-state index contributed by atoms with van der Waals surface area (Å²) in [6.07, 6.45) is 6.12. The van der Waals surface area contributed by atoms with Crippen LogP contribution in [0.2, 0.25) is 0 Å². The van der Waals surface area contributed by atoms with E-state index < -0.39 is 6.04 Å². The van der Waals surface area contributed by atoms with Gasteiger partial charge in [-0.05, 0) is 43.7 Å².